The molecule has 0 N–H and O–H groups in total. The number of rotatable bonds is 2. The number of carbonyl (C=O) groups is 1. The number of hydrogen-bond acceptors (Lipinski definition) is 4. The maximum atomic E-state index is 13.0. The molecule has 0 unspecified atom stereocenters. The zero-order valence-corrected chi connectivity index (χ0v) is 14.6. The molecule has 1 saturated carbocycles. The first-order valence-corrected chi connectivity index (χ1v) is 8.85. The van der Waals surface area contributed by atoms with E-state index in [9.17, 15) is 4.79 Å². The van der Waals surface area contributed by atoms with E-state index in [-0.39, 0.29) is 11.3 Å². The molecule has 0 spiro atoms. The molecule has 23 heavy (non-hydrogen) atoms. The predicted octanol–water partition coefficient (Wildman–Crippen LogP) is 3.49. The van der Waals surface area contributed by atoms with Crippen LogP contribution in [0.5, 0.6) is 0 Å². The molecule has 5 nitrogen and oxygen atoms in total. The average molecular weight is 320 g/mol. The summed E-state index contributed by atoms with van der Waals surface area (Å²) in [4.78, 5) is 19.4. The normalized spacial score (nSPS) is 20.7. The summed E-state index contributed by atoms with van der Waals surface area (Å²) in [7, 11) is 0. The van der Waals surface area contributed by atoms with Crippen molar-refractivity contribution < 1.29 is 13.9 Å². The van der Waals surface area contributed by atoms with E-state index in [2.05, 4.69) is 25.8 Å². The number of amides is 1. The van der Waals surface area contributed by atoms with Crippen LogP contribution < -0.4 is 0 Å². The molecule has 1 amide bonds. The van der Waals surface area contributed by atoms with Crippen LogP contribution in [0.1, 0.15) is 80.9 Å². The van der Waals surface area contributed by atoms with Crippen molar-refractivity contribution in [1.82, 2.24) is 9.88 Å². The van der Waals surface area contributed by atoms with Crippen LogP contribution in [0.15, 0.2) is 4.42 Å². The molecule has 3 rings (SSSR count). The molecule has 2 fully saturated rings. The van der Waals surface area contributed by atoms with E-state index < -0.39 is 0 Å². The van der Waals surface area contributed by atoms with E-state index >= 15 is 0 Å². The van der Waals surface area contributed by atoms with Gasteiger partial charge in [-0.05, 0) is 12.8 Å². The van der Waals surface area contributed by atoms with E-state index in [1.807, 2.05) is 4.90 Å². The van der Waals surface area contributed by atoms with Gasteiger partial charge in [0.1, 0.15) is 5.76 Å². The monoisotopic (exact) mass is 320 g/mol. The van der Waals surface area contributed by atoms with Crippen LogP contribution in [0.3, 0.4) is 0 Å². The first-order chi connectivity index (χ1) is 11.0. The highest BCUT2D eigenvalue weighted by atomic mass is 16.5. The summed E-state index contributed by atoms with van der Waals surface area (Å²) in [5.41, 5.74) is 0.358. The van der Waals surface area contributed by atoms with Crippen LogP contribution >= 0.6 is 0 Å². The van der Waals surface area contributed by atoms with Crippen molar-refractivity contribution in [2.45, 2.75) is 64.2 Å². The van der Waals surface area contributed by atoms with E-state index in [0.717, 1.165) is 18.6 Å². The lowest BCUT2D eigenvalue weighted by Crippen LogP contribution is -2.41. The van der Waals surface area contributed by atoms with Crippen LogP contribution in [-0.4, -0.2) is 42.1 Å². The summed E-state index contributed by atoms with van der Waals surface area (Å²) in [5.74, 6) is 1.85. The Morgan fingerprint density at radius 2 is 1.78 bits per heavy atom. The lowest BCUT2D eigenvalue weighted by Gasteiger charge is -2.27. The molecule has 2 heterocycles. The maximum Gasteiger partial charge on any atom is 0.276 e. The third-order valence-corrected chi connectivity index (χ3v) is 4.77. The molecule has 1 aromatic heterocycles. The van der Waals surface area contributed by atoms with Crippen molar-refractivity contribution in [2.75, 3.05) is 26.3 Å². The van der Waals surface area contributed by atoms with Crippen molar-refractivity contribution in [3.8, 4) is 0 Å². The summed E-state index contributed by atoms with van der Waals surface area (Å²) in [6.07, 6.45) is 5.90. The Hall–Kier alpha value is -1.36. The van der Waals surface area contributed by atoms with Crippen molar-refractivity contribution in [3.05, 3.63) is 17.3 Å². The summed E-state index contributed by atoms with van der Waals surface area (Å²) in [6, 6.07) is 0. The van der Waals surface area contributed by atoms with Gasteiger partial charge in [0.2, 0.25) is 5.89 Å². The highest BCUT2D eigenvalue weighted by molar-refractivity contribution is 5.93. The van der Waals surface area contributed by atoms with Crippen LogP contribution in [0.25, 0.3) is 0 Å². The Balaban J connectivity index is 1.92. The number of carbonyl (C=O) groups excluding carboxylic acids is 1. The smallest absolute Gasteiger partial charge is 0.276 e. The van der Waals surface area contributed by atoms with Crippen LogP contribution in [0.4, 0.5) is 0 Å². The number of morpholine rings is 1. The van der Waals surface area contributed by atoms with Gasteiger partial charge in [-0.3, -0.25) is 4.79 Å². The molecule has 0 radical (unpaired) electrons. The molecule has 1 aliphatic carbocycles. The van der Waals surface area contributed by atoms with Gasteiger partial charge in [-0.15, -0.1) is 0 Å². The Morgan fingerprint density at radius 1 is 1.13 bits per heavy atom. The Kier molecular flexibility index (Phi) is 4.76. The van der Waals surface area contributed by atoms with Crippen molar-refractivity contribution in [1.29, 1.82) is 0 Å². The van der Waals surface area contributed by atoms with Crippen molar-refractivity contribution >= 4 is 5.91 Å². The van der Waals surface area contributed by atoms with E-state index in [1.165, 1.54) is 19.3 Å². The van der Waals surface area contributed by atoms with E-state index in [0.29, 0.717) is 43.8 Å². The van der Waals surface area contributed by atoms with Gasteiger partial charge < -0.3 is 14.1 Å². The van der Waals surface area contributed by atoms with Gasteiger partial charge in [0.15, 0.2) is 5.69 Å². The van der Waals surface area contributed by atoms with Crippen LogP contribution in [0.2, 0.25) is 0 Å². The molecule has 0 bridgehead atoms. The quantitative estimate of drug-likeness (QED) is 0.837. The number of nitrogens with zero attached hydrogens (tertiary/aromatic N) is 2. The molecule has 5 heteroatoms. The summed E-state index contributed by atoms with van der Waals surface area (Å²) < 4.78 is 11.5. The lowest BCUT2D eigenvalue weighted by molar-refractivity contribution is 0.0297. The number of hydrogen-bond donors (Lipinski definition) is 0. The lowest BCUT2D eigenvalue weighted by atomic mass is 9.86. The van der Waals surface area contributed by atoms with Gasteiger partial charge in [-0.2, -0.15) is 0 Å². The largest absolute Gasteiger partial charge is 0.444 e. The standard InChI is InChI=1S/C18H28N2O3/c1-18(2,3)17-19-14(16(21)20-9-11-22-12-10-20)15(23-17)13-7-5-4-6-8-13/h13H,4-12H2,1-3H3. The average Bonchev–Trinajstić information content (AvgIpc) is 3.01. The third kappa shape index (κ3) is 3.60. The molecule has 1 aromatic rings. The Morgan fingerprint density at radius 3 is 2.39 bits per heavy atom. The SMILES string of the molecule is CC(C)(C)c1nc(C(=O)N2CCOCC2)c(C2CCCCC2)o1. The van der Waals surface area contributed by atoms with Gasteiger partial charge in [0.05, 0.1) is 13.2 Å². The molecule has 2 aliphatic rings. The van der Waals surface area contributed by atoms with Gasteiger partial charge in [0.25, 0.3) is 5.91 Å². The summed E-state index contributed by atoms with van der Waals surface area (Å²) in [5, 5.41) is 0. The van der Waals surface area contributed by atoms with Crippen LogP contribution in [-0.2, 0) is 10.2 Å². The second-order valence-electron chi connectivity index (χ2n) is 7.72. The molecule has 128 valence electrons. The van der Waals surface area contributed by atoms with Gasteiger partial charge in [-0.1, -0.05) is 40.0 Å². The first-order valence-electron chi connectivity index (χ1n) is 8.85. The zero-order chi connectivity index (χ0) is 16.4. The number of oxazole rings is 1. The topological polar surface area (TPSA) is 55.6 Å². The molecule has 0 aromatic carbocycles. The summed E-state index contributed by atoms with van der Waals surface area (Å²) >= 11 is 0. The van der Waals surface area contributed by atoms with Gasteiger partial charge >= 0.3 is 0 Å². The highest BCUT2D eigenvalue weighted by Crippen LogP contribution is 2.37. The number of ether oxygens (including phenoxy) is 1. The number of aromatic nitrogens is 1. The predicted molar refractivity (Wildman–Crippen MR) is 87.8 cm³/mol. The fourth-order valence-corrected chi connectivity index (χ4v) is 3.36. The minimum absolute atomic E-state index is 0.00752. The molecule has 1 saturated heterocycles. The van der Waals surface area contributed by atoms with Crippen molar-refractivity contribution in [2.24, 2.45) is 0 Å². The minimum Gasteiger partial charge on any atom is -0.444 e. The maximum absolute atomic E-state index is 13.0. The second-order valence-corrected chi connectivity index (χ2v) is 7.72. The van der Waals surface area contributed by atoms with E-state index in [4.69, 9.17) is 9.15 Å². The first kappa shape index (κ1) is 16.5. The summed E-state index contributed by atoms with van der Waals surface area (Å²) in [6.45, 7) is 8.72. The fraction of sp³-hybridized carbons (Fsp3) is 0.778. The molecular formula is C18H28N2O3. The Bertz CT molecular complexity index is 547. The molecular weight excluding hydrogens is 292 g/mol. The molecule has 1 aliphatic heterocycles. The van der Waals surface area contributed by atoms with Crippen molar-refractivity contribution in [3.63, 3.8) is 0 Å². The van der Waals surface area contributed by atoms with Crippen LogP contribution in [0, 0.1) is 0 Å². The zero-order valence-electron chi connectivity index (χ0n) is 14.6. The second kappa shape index (κ2) is 6.63. The minimum atomic E-state index is -0.188. The fourth-order valence-electron chi connectivity index (χ4n) is 3.36. The highest BCUT2D eigenvalue weighted by Gasteiger charge is 2.33. The Labute approximate surface area is 138 Å². The van der Waals surface area contributed by atoms with E-state index in [1.54, 1.807) is 0 Å². The van der Waals surface area contributed by atoms with Gasteiger partial charge in [0, 0.05) is 24.4 Å². The third-order valence-electron chi connectivity index (χ3n) is 4.77. The molecule has 0 atom stereocenters. The van der Waals surface area contributed by atoms with Gasteiger partial charge in [-0.25, -0.2) is 4.98 Å².